The van der Waals surface area contributed by atoms with Gasteiger partial charge >= 0.3 is 0 Å². The molecule has 4 aromatic rings. The summed E-state index contributed by atoms with van der Waals surface area (Å²) in [5.74, 6) is -0.932. The summed E-state index contributed by atoms with van der Waals surface area (Å²) in [6, 6.07) is 20.6. The standard InChI is InChI=1S/C23H17BrFN3O2S/c1-14(21(29)26-20-12-11-15(24)13-18(20)25)31-23-27-19-10-6-5-9-17(19)22(30)28(23)16-7-3-2-4-8-16/h2-14H,1H3,(H,26,29). The van der Waals surface area contributed by atoms with E-state index in [-0.39, 0.29) is 11.2 Å². The van der Waals surface area contributed by atoms with Gasteiger partial charge in [-0.25, -0.2) is 9.37 Å². The third-order valence-electron chi connectivity index (χ3n) is 4.60. The fourth-order valence-electron chi connectivity index (χ4n) is 3.03. The van der Waals surface area contributed by atoms with Crippen LogP contribution in [0, 0.1) is 5.82 Å². The highest BCUT2D eigenvalue weighted by Crippen LogP contribution is 2.27. The summed E-state index contributed by atoms with van der Waals surface area (Å²) in [7, 11) is 0. The van der Waals surface area contributed by atoms with Crippen molar-refractivity contribution in [3.8, 4) is 5.69 Å². The number of anilines is 1. The van der Waals surface area contributed by atoms with Crippen LogP contribution in [0.4, 0.5) is 10.1 Å². The maximum Gasteiger partial charge on any atom is 0.266 e. The van der Waals surface area contributed by atoms with Gasteiger partial charge in [0.1, 0.15) is 5.82 Å². The average Bonchev–Trinajstić information content (AvgIpc) is 2.76. The van der Waals surface area contributed by atoms with Gasteiger partial charge in [0.05, 0.1) is 27.5 Å². The Morgan fingerprint density at radius 3 is 2.55 bits per heavy atom. The number of nitrogens with zero attached hydrogens (tertiary/aromatic N) is 2. The van der Waals surface area contributed by atoms with Gasteiger partial charge in [0.2, 0.25) is 5.91 Å². The van der Waals surface area contributed by atoms with Gasteiger partial charge in [0.15, 0.2) is 5.16 Å². The van der Waals surface area contributed by atoms with Crippen molar-refractivity contribution < 1.29 is 9.18 Å². The third-order valence-corrected chi connectivity index (χ3v) is 6.15. The summed E-state index contributed by atoms with van der Waals surface area (Å²) < 4.78 is 16.2. The quantitative estimate of drug-likeness (QED) is 0.296. The number of hydrogen-bond acceptors (Lipinski definition) is 4. The molecule has 1 N–H and O–H groups in total. The lowest BCUT2D eigenvalue weighted by Crippen LogP contribution is -2.26. The molecule has 31 heavy (non-hydrogen) atoms. The second-order valence-corrected chi connectivity index (χ2v) is 8.98. The molecule has 0 bridgehead atoms. The van der Waals surface area contributed by atoms with Gasteiger partial charge in [-0.1, -0.05) is 58.0 Å². The minimum atomic E-state index is -0.633. The highest BCUT2D eigenvalue weighted by molar-refractivity contribution is 9.10. The van der Waals surface area contributed by atoms with E-state index in [9.17, 15) is 14.0 Å². The smallest absolute Gasteiger partial charge is 0.266 e. The number of fused-ring (bicyclic) bond motifs is 1. The lowest BCUT2D eigenvalue weighted by atomic mass is 10.2. The molecular formula is C23H17BrFN3O2S. The molecule has 1 heterocycles. The highest BCUT2D eigenvalue weighted by Gasteiger charge is 2.21. The molecule has 1 amide bonds. The molecule has 8 heteroatoms. The number of amides is 1. The first kappa shape index (κ1) is 21.3. The number of thioether (sulfide) groups is 1. The fourth-order valence-corrected chi connectivity index (χ4v) is 4.29. The van der Waals surface area contributed by atoms with Crippen LogP contribution in [0.5, 0.6) is 0 Å². The summed E-state index contributed by atoms with van der Waals surface area (Å²) in [6.07, 6.45) is 0. The van der Waals surface area contributed by atoms with Gasteiger partial charge in [-0.15, -0.1) is 0 Å². The molecule has 0 aliphatic rings. The predicted octanol–water partition coefficient (Wildman–Crippen LogP) is 5.41. The Labute approximate surface area is 190 Å². The molecule has 1 atom stereocenters. The molecule has 3 aromatic carbocycles. The molecule has 1 unspecified atom stereocenters. The number of nitrogens with one attached hydrogen (secondary N) is 1. The molecule has 0 saturated carbocycles. The van der Waals surface area contributed by atoms with Crippen LogP contribution in [-0.4, -0.2) is 20.7 Å². The molecule has 0 aliphatic carbocycles. The molecule has 1 aromatic heterocycles. The zero-order chi connectivity index (χ0) is 22.0. The van der Waals surface area contributed by atoms with Crippen LogP contribution in [0.1, 0.15) is 6.92 Å². The molecule has 0 aliphatic heterocycles. The van der Waals surface area contributed by atoms with E-state index in [0.29, 0.717) is 26.2 Å². The normalized spacial score (nSPS) is 12.0. The first-order valence-electron chi connectivity index (χ1n) is 9.44. The number of halogens is 2. The van der Waals surface area contributed by atoms with Gasteiger partial charge < -0.3 is 5.32 Å². The van der Waals surface area contributed by atoms with E-state index in [1.165, 1.54) is 16.7 Å². The molecule has 0 radical (unpaired) electrons. The zero-order valence-corrected chi connectivity index (χ0v) is 18.8. The van der Waals surface area contributed by atoms with Crippen molar-refractivity contribution >= 4 is 50.2 Å². The monoisotopic (exact) mass is 497 g/mol. The van der Waals surface area contributed by atoms with E-state index >= 15 is 0 Å². The molecular weight excluding hydrogens is 481 g/mol. The molecule has 0 fully saturated rings. The largest absolute Gasteiger partial charge is 0.323 e. The number of para-hydroxylation sites is 2. The van der Waals surface area contributed by atoms with Crippen LogP contribution in [0.2, 0.25) is 0 Å². The SMILES string of the molecule is CC(Sc1nc2ccccc2c(=O)n1-c1ccccc1)C(=O)Nc1ccc(Br)cc1F. The van der Waals surface area contributed by atoms with Gasteiger partial charge in [0.25, 0.3) is 5.56 Å². The lowest BCUT2D eigenvalue weighted by molar-refractivity contribution is -0.115. The van der Waals surface area contributed by atoms with Crippen molar-refractivity contribution in [1.29, 1.82) is 0 Å². The van der Waals surface area contributed by atoms with E-state index in [1.807, 2.05) is 36.4 Å². The van der Waals surface area contributed by atoms with Gasteiger partial charge in [0, 0.05) is 4.47 Å². The molecule has 5 nitrogen and oxygen atoms in total. The molecule has 4 rings (SSSR count). The van der Waals surface area contributed by atoms with Crippen molar-refractivity contribution in [2.45, 2.75) is 17.3 Å². The first-order valence-corrected chi connectivity index (χ1v) is 11.1. The third kappa shape index (κ3) is 4.55. The van der Waals surface area contributed by atoms with Crippen molar-refractivity contribution in [2.24, 2.45) is 0 Å². The van der Waals surface area contributed by atoms with Crippen LogP contribution in [0.15, 0.2) is 87.2 Å². The zero-order valence-electron chi connectivity index (χ0n) is 16.4. The van der Waals surface area contributed by atoms with Crippen molar-refractivity contribution in [3.05, 3.63) is 93.4 Å². The number of aromatic nitrogens is 2. The predicted molar refractivity (Wildman–Crippen MR) is 125 cm³/mol. The van der Waals surface area contributed by atoms with E-state index in [4.69, 9.17) is 0 Å². The van der Waals surface area contributed by atoms with Gasteiger partial charge in [-0.05, 0) is 49.4 Å². The second-order valence-electron chi connectivity index (χ2n) is 6.76. The Morgan fingerprint density at radius 1 is 1.10 bits per heavy atom. The average molecular weight is 498 g/mol. The van der Waals surface area contributed by atoms with Crippen LogP contribution in [0.3, 0.4) is 0 Å². The summed E-state index contributed by atoms with van der Waals surface area (Å²) in [6.45, 7) is 1.69. The first-order chi connectivity index (χ1) is 14.9. The van der Waals surface area contributed by atoms with E-state index in [0.717, 1.165) is 11.8 Å². The maximum absolute atomic E-state index is 14.1. The molecule has 0 saturated heterocycles. The number of rotatable bonds is 5. The molecule has 156 valence electrons. The number of hydrogen-bond donors (Lipinski definition) is 1. The Hall–Kier alpha value is -2.97. The van der Waals surface area contributed by atoms with Crippen molar-refractivity contribution in [3.63, 3.8) is 0 Å². The van der Waals surface area contributed by atoms with Crippen LogP contribution in [-0.2, 0) is 4.79 Å². The highest BCUT2D eigenvalue weighted by atomic mass is 79.9. The maximum atomic E-state index is 14.1. The number of carbonyl (C=O) groups excluding carboxylic acids is 1. The Bertz CT molecular complexity index is 1330. The van der Waals surface area contributed by atoms with Crippen LogP contribution >= 0.6 is 27.7 Å². The fraction of sp³-hybridized carbons (Fsp3) is 0.0870. The summed E-state index contributed by atoms with van der Waals surface area (Å²) in [5.41, 5.74) is 1.08. The van der Waals surface area contributed by atoms with E-state index in [2.05, 4.69) is 26.2 Å². The Balaban J connectivity index is 1.70. The van der Waals surface area contributed by atoms with E-state index < -0.39 is 17.0 Å². The van der Waals surface area contributed by atoms with E-state index in [1.54, 1.807) is 31.2 Å². The van der Waals surface area contributed by atoms with Crippen molar-refractivity contribution in [2.75, 3.05) is 5.32 Å². The van der Waals surface area contributed by atoms with Gasteiger partial charge in [-0.2, -0.15) is 0 Å². The second kappa shape index (κ2) is 9.03. The van der Waals surface area contributed by atoms with Crippen LogP contribution in [0.25, 0.3) is 16.6 Å². The number of carbonyl (C=O) groups is 1. The topological polar surface area (TPSA) is 64.0 Å². The summed E-state index contributed by atoms with van der Waals surface area (Å²) in [5, 5.41) is 2.84. The van der Waals surface area contributed by atoms with Crippen molar-refractivity contribution in [1.82, 2.24) is 9.55 Å². The minimum absolute atomic E-state index is 0.0903. The summed E-state index contributed by atoms with van der Waals surface area (Å²) in [4.78, 5) is 30.6. The molecule has 0 spiro atoms. The summed E-state index contributed by atoms with van der Waals surface area (Å²) >= 11 is 4.33. The lowest BCUT2D eigenvalue weighted by Gasteiger charge is -2.16. The number of benzene rings is 3. The van der Waals surface area contributed by atoms with Gasteiger partial charge in [-0.3, -0.25) is 14.2 Å². The minimum Gasteiger partial charge on any atom is -0.323 e. The Kier molecular flexibility index (Phi) is 6.20. The van der Waals surface area contributed by atoms with Crippen LogP contribution < -0.4 is 10.9 Å². The Morgan fingerprint density at radius 2 is 1.81 bits per heavy atom.